The van der Waals surface area contributed by atoms with Crippen molar-refractivity contribution in [2.75, 3.05) is 6.54 Å². The summed E-state index contributed by atoms with van der Waals surface area (Å²) in [4.78, 5) is 25.3. The molecule has 1 saturated heterocycles. The van der Waals surface area contributed by atoms with E-state index in [-0.39, 0.29) is 11.8 Å². The highest BCUT2D eigenvalue weighted by Crippen LogP contribution is 2.31. The molecular weight excluding hydrogens is 258 g/mol. The number of carboxylic acids is 1. The standard InChI is InChI=1S/C15H17NO4/c1-9-6-7-16(13(9)15(18)19)14(17)12-8-10-4-2-3-5-11(10)20-12/h2-5,9,12-13H,6-8H2,1H3,(H,18,19). The number of aliphatic carboxylic acids is 1. The SMILES string of the molecule is CC1CCN(C(=O)C2Cc3ccccc3O2)C1C(=O)O. The number of carbonyl (C=O) groups is 2. The molecule has 5 heteroatoms. The molecule has 106 valence electrons. The maximum atomic E-state index is 12.5. The zero-order valence-corrected chi connectivity index (χ0v) is 11.3. The number of likely N-dealkylation sites (tertiary alicyclic amines) is 1. The van der Waals surface area contributed by atoms with Crippen molar-refractivity contribution in [2.24, 2.45) is 5.92 Å². The summed E-state index contributed by atoms with van der Waals surface area (Å²) in [6.07, 6.45) is 0.661. The van der Waals surface area contributed by atoms with Crippen molar-refractivity contribution >= 4 is 11.9 Å². The summed E-state index contributed by atoms with van der Waals surface area (Å²) in [6, 6.07) is 6.82. The fourth-order valence-corrected chi connectivity index (χ4v) is 3.08. The fraction of sp³-hybridized carbons (Fsp3) is 0.467. The largest absolute Gasteiger partial charge is 0.480 e. The average molecular weight is 275 g/mol. The number of benzene rings is 1. The van der Waals surface area contributed by atoms with Gasteiger partial charge in [0.15, 0.2) is 6.10 Å². The number of hydrogen-bond donors (Lipinski definition) is 1. The summed E-state index contributed by atoms with van der Waals surface area (Å²) in [6.45, 7) is 2.36. The number of nitrogens with zero attached hydrogens (tertiary/aromatic N) is 1. The molecule has 1 aromatic carbocycles. The van der Waals surface area contributed by atoms with Crippen molar-refractivity contribution in [3.8, 4) is 5.75 Å². The third-order valence-corrected chi connectivity index (χ3v) is 4.16. The molecule has 3 rings (SSSR count). The van der Waals surface area contributed by atoms with Gasteiger partial charge in [-0.3, -0.25) is 4.79 Å². The zero-order valence-electron chi connectivity index (χ0n) is 11.3. The molecule has 1 N–H and O–H groups in total. The Labute approximate surface area is 117 Å². The normalized spacial score (nSPS) is 28.1. The van der Waals surface area contributed by atoms with Gasteiger partial charge in [-0.05, 0) is 24.0 Å². The van der Waals surface area contributed by atoms with E-state index in [0.29, 0.717) is 13.0 Å². The number of ether oxygens (including phenoxy) is 1. The molecule has 3 unspecified atom stereocenters. The highest BCUT2D eigenvalue weighted by molar-refractivity contribution is 5.88. The lowest BCUT2D eigenvalue weighted by Crippen LogP contribution is -2.48. The smallest absolute Gasteiger partial charge is 0.326 e. The third kappa shape index (κ3) is 2.03. The van der Waals surface area contributed by atoms with E-state index in [4.69, 9.17) is 4.74 Å². The van der Waals surface area contributed by atoms with Crippen LogP contribution in [-0.4, -0.2) is 40.6 Å². The van der Waals surface area contributed by atoms with Crippen molar-refractivity contribution < 1.29 is 19.4 Å². The second-order valence-electron chi connectivity index (χ2n) is 5.50. The van der Waals surface area contributed by atoms with Crippen LogP contribution in [0.4, 0.5) is 0 Å². The topological polar surface area (TPSA) is 66.8 Å². The van der Waals surface area contributed by atoms with Crippen LogP contribution in [0, 0.1) is 5.92 Å². The molecule has 0 aromatic heterocycles. The summed E-state index contributed by atoms with van der Waals surface area (Å²) in [5, 5.41) is 9.28. The van der Waals surface area contributed by atoms with E-state index in [0.717, 1.165) is 17.7 Å². The third-order valence-electron chi connectivity index (χ3n) is 4.16. The highest BCUT2D eigenvalue weighted by Gasteiger charge is 2.43. The molecule has 5 nitrogen and oxygen atoms in total. The summed E-state index contributed by atoms with van der Waals surface area (Å²) in [5.41, 5.74) is 1.00. The van der Waals surface area contributed by atoms with Crippen LogP contribution >= 0.6 is 0 Å². The molecule has 0 radical (unpaired) electrons. The first-order valence-corrected chi connectivity index (χ1v) is 6.86. The molecule has 1 amide bonds. The Kier molecular flexibility index (Phi) is 3.12. The van der Waals surface area contributed by atoms with E-state index in [9.17, 15) is 14.7 Å². The monoisotopic (exact) mass is 275 g/mol. The van der Waals surface area contributed by atoms with Crippen LogP contribution in [0.25, 0.3) is 0 Å². The Morgan fingerprint density at radius 2 is 2.10 bits per heavy atom. The first-order valence-electron chi connectivity index (χ1n) is 6.86. The molecular formula is C15H17NO4. The van der Waals surface area contributed by atoms with Gasteiger partial charge in [-0.2, -0.15) is 0 Å². The maximum Gasteiger partial charge on any atom is 0.326 e. The second kappa shape index (κ2) is 4.81. The summed E-state index contributed by atoms with van der Waals surface area (Å²) >= 11 is 0. The van der Waals surface area contributed by atoms with Crippen LogP contribution in [0.2, 0.25) is 0 Å². The van der Waals surface area contributed by atoms with Gasteiger partial charge in [0.2, 0.25) is 0 Å². The molecule has 2 aliphatic heterocycles. The van der Waals surface area contributed by atoms with Crippen LogP contribution in [-0.2, 0) is 16.0 Å². The summed E-state index contributed by atoms with van der Waals surface area (Å²) in [7, 11) is 0. The van der Waals surface area contributed by atoms with E-state index in [1.165, 1.54) is 4.90 Å². The van der Waals surface area contributed by atoms with Gasteiger partial charge in [0.1, 0.15) is 11.8 Å². The highest BCUT2D eigenvalue weighted by atomic mass is 16.5. The molecule has 20 heavy (non-hydrogen) atoms. The molecule has 0 saturated carbocycles. The van der Waals surface area contributed by atoms with E-state index in [1.807, 2.05) is 31.2 Å². The van der Waals surface area contributed by atoms with Crippen LogP contribution in [0.15, 0.2) is 24.3 Å². The van der Waals surface area contributed by atoms with Crippen molar-refractivity contribution in [1.29, 1.82) is 0 Å². The number of carboxylic acid groups (broad SMARTS) is 1. The Bertz CT molecular complexity index is 532. The molecule has 2 heterocycles. The molecule has 0 spiro atoms. The van der Waals surface area contributed by atoms with Crippen LogP contribution < -0.4 is 4.74 Å². The van der Waals surface area contributed by atoms with Gasteiger partial charge in [-0.1, -0.05) is 25.1 Å². The Hall–Kier alpha value is -2.04. The minimum atomic E-state index is -0.932. The number of hydrogen-bond acceptors (Lipinski definition) is 3. The van der Waals surface area contributed by atoms with Crippen molar-refractivity contribution in [2.45, 2.75) is 31.9 Å². The number of fused-ring (bicyclic) bond motifs is 1. The van der Waals surface area contributed by atoms with Crippen LogP contribution in [0.3, 0.4) is 0 Å². The molecule has 0 aliphatic carbocycles. The predicted octanol–water partition coefficient (Wildman–Crippen LogP) is 1.31. The Balaban J connectivity index is 1.76. The molecule has 2 aliphatic rings. The molecule has 1 fully saturated rings. The van der Waals surface area contributed by atoms with E-state index in [1.54, 1.807) is 0 Å². The fourth-order valence-electron chi connectivity index (χ4n) is 3.08. The van der Waals surface area contributed by atoms with Crippen molar-refractivity contribution in [3.63, 3.8) is 0 Å². The maximum absolute atomic E-state index is 12.5. The first-order chi connectivity index (χ1) is 9.58. The van der Waals surface area contributed by atoms with Crippen molar-refractivity contribution in [3.05, 3.63) is 29.8 Å². The number of carbonyl (C=O) groups excluding carboxylic acids is 1. The van der Waals surface area contributed by atoms with Crippen molar-refractivity contribution in [1.82, 2.24) is 4.90 Å². The van der Waals surface area contributed by atoms with Gasteiger partial charge in [-0.25, -0.2) is 4.79 Å². The Morgan fingerprint density at radius 1 is 1.35 bits per heavy atom. The lowest BCUT2D eigenvalue weighted by Gasteiger charge is -2.25. The van der Waals surface area contributed by atoms with E-state index in [2.05, 4.69) is 0 Å². The van der Waals surface area contributed by atoms with E-state index >= 15 is 0 Å². The molecule has 3 atom stereocenters. The zero-order chi connectivity index (χ0) is 14.3. The summed E-state index contributed by atoms with van der Waals surface area (Å²) in [5.74, 6) is -0.429. The van der Waals surface area contributed by atoms with Gasteiger partial charge in [0, 0.05) is 13.0 Å². The second-order valence-corrected chi connectivity index (χ2v) is 5.50. The predicted molar refractivity (Wildman–Crippen MR) is 71.5 cm³/mol. The molecule has 1 aromatic rings. The number of rotatable bonds is 2. The van der Waals surface area contributed by atoms with Gasteiger partial charge in [0.25, 0.3) is 5.91 Å². The Morgan fingerprint density at radius 3 is 2.80 bits per heavy atom. The summed E-state index contributed by atoms with van der Waals surface area (Å²) < 4.78 is 5.66. The lowest BCUT2D eigenvalue weighted by atomic mass is 10.0. The number of para-hydroxylation sites is 1. The average Bonchev–Trinajstić information content (AvgIpc) is 3.00. The van der Waals surface area contributed by atoms with Crippen LogP contribution in [0.1, 0.15) is 18.9 Å². The lowest BCUT2D eigenvalue weighted by molar-refractivity contribution is -0.152. The van der Waals surface area contributed by atoms with E-state index < -0.39 is 18.1 Å². The van der Waals surface area contributed by atoms with Gasteiger partial charge < -0.3 is 14.7 Å². The number of amides is 1. The van der Waals surface area contributed by atoms with Gasteiger partial charge >= 0.3 is 5.97 Å². The molecule has 0 bridgehead atoms. The van der Waals surface area contributed by atoms with Crippen LogP contribution in [0.5, 0.6) is 5.75 Å². The minimum absolute atomic E-state index is 0.0137. The quantitative estimate of drug-likeness (QED) is 0.883. The minimum Gasteiger partial charge on any atom is -0.480 e. The van der Waals surface area contributed by atoms with Gasteiger partial charge in [0.05, 0.1) is 0 Å². The van der Waals surface area contributed by atoms with Gasteiger partial charge in [-0.15, -0.1) is 0 Å². The first kappa shape index (κ1) is 13.0.